The van der Waals surface area contributed by atoms with Crippen LogP contribution >= 0.6 is 0 Å². The molecule has 4 nitrogen and oxygen atoms in total. The van der Waals surface area contributed by atoms with Crippen LogP contribution in [-0.4, -0.2) is 20.6 Å². The maximum Gasteiger partial charge on any atom is 0.337 e. The zero-order valence-corrected chi connectivity index (χ0v) is 11.9. The predicted octanol–water partition coefficient (Wildman–Crippen LogP) is 3.44. The molecule has 0 atom stereocenters. The molecular weight excluding hydrogens is 240 g/mol. The first-order valence-corrected chi connectivity index (χ1v) is 6.59. The summed E-state index contributed by atoms with van der Waals surface area (Å²) in [6.07, 6.45) is 0.992. The van der Waals surface area contributed by atoms with Crippen molar-refractivity contribution in [2.45, 2.75) is 46.1 Å². The van der Waals surface area contributed by atoms with Crippen LogP contribution in [0.1, 0.15) is 50.3 Å². The minimum Gasteiger partial charge on any atom is -0.478 e. The van der Waals surface area contributed by atoms with E-state index in [9.17, 15) is 9.90 Å². The third kappa shape index (κ3) is 2.35. The van der Waals surface area contributed by atoms with Crippen LogP contribution in [0.5, 0.6) is 0 Å². The third-order valence-electron chi connectivity index (χ3n) is 3.13. The van der Waals surface area contributed by atoms with Gasteiger partial charge in [0, 0.05) is 12.0 Å². The largest absolute Gasteiger partial charge is 0.478 e. The Kier molecular flexibility index (Phi) is 3.35. The average Bonchev–Trinajstić information content (AvgIpc) is 2.68. The first-order valence-electron chi connectivity index (χ1n) is 6.59. The SMILES string of the molecule is CCCn1c(C(C)(C)C)nc2c(C(=O)O)cccc21. The number of carbonyl (C=O) groups is 1. The molecule has 0 saturated carbocycles. The van der Waals surface area contributed by atoms with Crippen LogP contribution in [0, 0.1) is 0 Å². The van der Waals surface area contributed by atoms with Gasteiger partial charge in [-0.25, -0.2) is 9.78 Å². The van der Waals surface area contributed by atoms with Gasteiger partial charge in [-0.15, -0.1) is 0 Å². The number of aromatic carboxylic acids is 1. The van der Waals surface area contributed by atoms with Crippen molar-refractivity contribution in [1.82, 2.24) is 9.55 Å². The van der Waals surface area contributed by atoms with E-state index >= 15 is 0 Å². The maximum absolute atomic E-state index is 11.3. The summed E-state index contributed by atoms with van der Waals surface area (Å²) >= 11 is 0. The van der Waals surface area contributed by atoms with Crippen LogP contribution in [-0.2, 0) is 12.0 Å². The molecule has 2 rings (SSSR count). The number of aryl methyl sites for hydroxylation is 1. The second-order valence-corrected chi connectivity index (χ2v) is 5.82. The van der Waals surface area contributed by atoms with Crippen LogP contribution in [0.3, 0.4) is 0 Å². The molecule has 1 N–H and O–H groups in total. The number of carboxylic acid groups (broad SMARTS) is 1. The number of rotatable bonds is 3. The number of aromatic nitrogens is 2. The molecule has 4 heteroatoms. The molecule has 0 bridgehead atoms. The van der Waals surface area contributed by atoms with Crippen LogP contribution in [0.2, 0.25) is 0 Å². The van der Waals surface area contributed by atoms with Gasteiger partial charge in [0.05, 0.1) is 11.1 Å². The van der Waals surface area contributed by atoms with Crippen LogP contribution in [0.4, 0.5) is 0 Å². The van der Waals surface area contributed by atoms with Gasteiger partial charge in [-0.1, -0.05) is 33.8 Å². The lowest BCUT2D eigenvalue weighted by Gasteiger charge is -2.19. The highest BCUT2D eigenvalue weighted by Crippen LogP contribution is 2.28. The number of hydrogen-bond donors (Lipinski definition) is 1. The molecule has 1 aromatic carbocycles. The van der Waals surface area contributed by atoms with Gasteiger partial charge in [0.25, 0.3) is 0 Å². The highest BCUT2D eigenvalue weighted by Gasteiger charge is 2.24. The van der Waals surface area contributed by atoms with Gasteiger partial charge in [0.15, 0.2) is 0 Å². The summed E-state index contributed by atoms with van der Waals surface area (Å²) in [7, 11) is 0. The Balaban J connectivity index is 2.80. The van der Waals surface area contributed by atoms with E-state index in [4.69, 9.17) is 0 Å². The lowest BCUT2D eigenvalue weighted by atomic mass is 9.95. The van der Waals surface area contributed by atoms with Gasteiger partial charge in [0.2, 0.25) is 0 Å². The molecule has 0 aliphatic carbocycles. The molecule has 0 aliphatic heterocycles. The Hall–Kier alpha value is -1.84. The second-order valence-electron chi connectivity index (χ2n) is 5.82. The quantitative estimate of drug-likeness (QED) is 0.919. The van der Waals surface area contributed by atoms with Gasteiger partial charge in [-0.05, 0) is 18.6 Å². The highest BCUT2D eigenvalue weighted by molar-refractivity contribution is 6.01. The second kappa shape index (κ2) is 4.68. The van der Waals surface area contributed by atoms with Gasteiger partial charge in [0.1, 0.15) is 11.3 Å². The zero-order chi connectivity index (χ0) is 14.2. The van der Waals surface area contributed by atoms with E-state index in [0.717, 1.165) is 24.3 Å². The Morgan fingerprint density at radius 2 is 2.05 bits per heavy atom. The number of hydrogen-bond acceptors (Lipinski definition) is 2. The van der Waals surface area contributed by atoms with E-state index in [2.05, 4.69) is 37.2 Å². The minimum absolute atomic E-state index is 0.107. The topological polar surface area (TPSA) is 55.1 Å². The van der Waals surface area contributed by atoms with Crippen molar-refractivity contribution in [2.75, 3.05) is 0 Å². The summed E-state index contributed by atoms with van der Waals surface area (Å²) in [5.41, 5.74) is 1.67. The van der Waals surface area contributed by atoms with E-state index < -0.39 is 5.97 Å². The van der Waals surface area contributed by atoms with Crippen molar-refractivity contribution in [3.05, 3.63) is 29.6 Å². The molecule has 0 amide bonds. The Morgan fingerprint density at radius 3 is 2.58 bits per heavy atom. The smallest absolute Gasteiger partial charge is 0.337 e. The van der Waals surface area contributed by atoms with Gasteiger partial charge < -0.3 is 9.67 Å². The minimum atomic E-state index is -0.924. The lowest BCUT2D eigenvalue weighted by molar-refractivity contribution is 0.0699. The first kappa shape index (κ1) is 13.6. The summed E-state index contributed by atoms with van der Waals surface area (Å²) in [5, 5.41) is 9.27. The normalized spacial score (nSPS) is 12.0. The van der Waals surface area contributed by atoms with Crippen molar-refractivity contribution >= 4 is 17.0 Å². The average molecular weight is 260 g/mol. The van der Waals surface area contributed by atoms with E-state index in [-0.39, 0.29) is 11.0 Å². The molecule has 19 heavy (non-hydrogen) atoms. The standard InChI is InChI=1S/C15H20N2O2/c1-5-9-17-11-8-6-7-10(13(18)19)12(11)16-14(17)15(2,3)4/h6-8H,5,9H2,1-4H3,(H,18,19). The highest BCUT2D eigenvalue weighted by atomic mass is 16.4. The molecule has 0 unspecified atom stereocenters. The fourth-order valence-electron chi connectivity index (χ4n) is 2.34. The fourth-order valence-corrected chi connectivity index (χ4v) is 2.34. The number of benzene rings is 1. The van der Waals surface area contributed by atoms with Crippen molar-refractivity contribution in [2.24, 2.45) is 0 Å². The number of nitrogens with zero attached hydrogens (tertiary/aromatic N) is 2. The van der Waals surface area contributed by atoms with E-state index in [1.807, 2.05) is 6.07 Å². The van der Waals surface area contributed by atoms with Crippen molar-refractivity contribution in [3.8, 4) is 0 Å². The molecule has 0 radical (unpaired) electrons. The molecule has 0 spiro atoms. The van der Waals surface area contributed by atoms with E-state index in [0.29, 0.717) is 5.52 Å². The molecule has 2 aromatic rings. The predicted molar refractivity (Wildman–Crippen MR) is 75.7 cm³/mol. The summed E-state index contributed by atoms with van der Waals surface area (Å²) in [4.78, 5) is 15.9. The number of imidazole rings is 1. The van der Waals surface area contributed by atoms with Crippen molar-refractivity contribution in [3.63, 3.8) is 0 Å². The molecule has 102 valence electrons. The van der Waals surface area contributed by atoms with E-state index in [1.165, 1.54) is 0 Å². The Morgan fingerprint density at radius 1 is 1.37 bits per heavy atom. The molecular formula is C15H20N2O2. The van der Waals surface area contributed by atoms with Crippen LogP contribution < -0.4 is 0 Å². The van der Waals surface area contributed by atoms with E-state index in [1.54, 1.807) is 12.1 Å². The third-order valence-corrected chi connectivity index (χ3v) is 3.13. The van der Waals surface area contributed by atoms with Crippen LogP contribution in [0.25, 0.3) is 11.0 Å². The summed E-state index contributed by atoms with van der Waals surface area (Å²) in [6, 6.07) is 5.34. The van der Waals surface area contributed by atoms with Crippen LogP contribution in [0.15, 0.2) is 18.2 Å². The number of para-hydroxylation sites is 1. The molecule has 0 saturated heterocycles. The number of carboxylic acids is 1. The molecule has 1 aromatic heterocycles. The molecule has 0 aliphatic rings. The summed E-state index contributed by atoms with van der Waals surface area (Å²) in [6.45, 7) is 9.26. The van der Waals surface area contributed by atoms with Gasteiger partial charge >= 0.3 is 5.97 Å². The molecule has 1 heterocycles. The lowest BCUT2D eigenvalue weighted by Crippen LogP contribution is -2.19. The van der Waals surface area contributed by atoms with Gasteiger partial charge in [-0.2, -0.15) is 0 Å². The Bertz CT molecular complexity index is 621. The maximum atomic E-state index is 11.3. The van der Waals surface area contributed by atoms with Crippen molar-refractivity contribution < 1.29 is 9.90 Å². The first-order chi connectivity index (χ1) is 8.86. The monoisotopic (exact) mass is 260 g/mol. The fraction of sp³-hybridized carbons (Fsp3) is 0.467. The van der Waals surface area contributed by atoms with Gasteiger partial charge in [-0.3, -0.25) is 0 Å². The van der Waals surface area contributed by atoms with Crippen molar-refractivity contribution in [1.29, 1.82) is 0 Å². The molecule has 0 fully saturated rings. The summed E-state index contributed by atoms with van der Waals surface area (Å²) < 4.78 is 2.14. The zero-order valence-electron chi connectivity index (χ0n) is 11.9. The summed E-state index contributed by atoms with van der Waals surface area (Å²) in [5.74, 6) is 0.0188. The number of fused-ring (bicyclic) bond motifs is 1. The Labute approximate surface area is 113 Å².